The van der Waals surface area contributed by atoms with E-state index in [1.54, 1.807) is 12.1 Å². The van der Waals surface area contributed by atoms with Crippen molar-refractivity contribution in [1.29, 1.82) is 5.26 Å². The van der Waals surface area contributed by atoms with Crippen LogP contribution in [0.3, 0.4) is 0 Å². The van der Waals surface area contributed by atoms with E-state index in [1.807, 2.05) is 6.07 Å². The summed E-state index contributed by atoms with van der Waals surface area (Å²) in [5.74, 6) is -0.369. The number of nitriles is 1. The zero-order chi connectivity index (χ0) is 9.84. The largest absolute Gasteiger partial charge is 0.323 e. The molecule has 0 radical (unpaired) electrons. The fourth-order valence-electron chi connectivity index (χ4n) is 1.01. The number of hydrogen-bond donors (Lipinski definition) is 1. The topological polar surface area (TPSA) is 49.8 Å². The van der Waals surface area contributed by atoms with Crippen LogP contribution in [0.2, 0.25) is 0 Å². The Balaban J connectivity index is 3.00. The van der Waals surface area contributed by atoms with E-state index in [2.05, 4.69) is 15.9 Å². The third kappa shape index (κ3) is 2.51. The molecule has 0 aliphatic rings. The third-order valence-corrected chi connectivity index (χ3v) is 2.16. The molecule has 2 N–H and O–H groups in total. The number of halogens is 2. The summed E-state index contributed by atoms with van der Waals surface area (Å²) >= 11 is 3.21. The van der Waals surface area contributed by atoms with Crippen LogP contribution in [-0.4, -0.2) is 0 Å². The van der Waals surface area contributed by atoms with Crippen molar-refractivity contribution in [2.24, 2.45) is 5.73 Å². The molecule has 1 aromatic rings. The lowest BCUT2D eigenvalue weighted by Gasteiger charge is -2.08. The highest BCUT2D eigenvalue weighted by molar-refractivity contribution is 9.10. The van der Waals surface area contributed by atoms with Crippen LogP contribution in [0.4, 0.5) is 4.39 Å². The first kappa shape index (κ1) is 10.2. The first-order valence-corrected chi connectivity index (χ1v) is 4.52. The van der Waals surface area contributed by atoms with Gasteiger partial charge in [0.05, 0.1) is 12.5 Å². The van der Waals surface area contributed by atoms with E-state index >= 15 is 0 Å². The van der Waals surface area contributed by atoms with Gasteiger partial charge >= 0.3 is 0 Å². The summed E-state index contributed by atoms with van der Waals surface area (Å²) in [5.41, 5.74) is 5.96. The fourth-order valence-corrected chi connectivity index (χ4v) is 1.39. The molecule has 1 atom stereocenters. The standard InChI is InChI=1S/C9H8BrFN2/c10-6-1-2-8(11)7(5-6)9(13)3-4-12/h1-2,5,9H,3,13H2/t9-/m0/s1. The van der Waals surface area contributed by atoms with Crippen LogP contribution in [0.25, 0.3) is 0 Å². The molecular weight excluding hydrogens is 235 g/mol. The molecule has 0 amide bonds. The summed E-state index contributed by atoms with van der Waals surface area (Å²) in [4.78, 5) is 0. The first-order chi connectivity index (χ1) is 6.15. The minimum Gasteiger partial charge on any atom is -0.323 e. The predicted octanol–water partition coefficient (Wildman–Crippen LogP) is 2.50. The van der Waals surface area contributed by atoms with Crippen molar-refractivity contribution in [2.75, 3.05) is 0 Å². The van der Waals surface area contributed by atoms with E-state index < -0.39 is 6.04 Å². The van der Waals surface area contributed by atoms with Gasteiger partial charge in [0.2, 0.25) is 0 Å². The summed E-state index contributed by atoms with van der Waals surface area (Å²) in [7, 11) is 0. The molecule has 1 rings (SSSR count). The molecule has 4 heteroatoms. The molecule has 0 bridgehead atoms. The Morgan fingerprint density at radius 3 is 2.92 bits per heavy atom. The monoisotopic (exact) mass is 242 g/mol. The smallest absolute Gasteiger partial charge is 0.128 e. The van der Waals surface area contributed by atoms with Crippen molar-refractivity contribution in [3.63, 3.8) is 0 Å². The van der Waals surface area contributed by atoms with Gasteiger partial charge in [-0.15, -0.1) is 0 Å². The minimum absolute atomic E-state index is 0.118. The molecule has 0 saturated heterocycles. The van der Waals surface area contributed by atoms with Crippen LogP contribution in [0, 0.1) is 17.1 Å². The van der Waals surface area contributed by atoms with Gasteiger partial charge < -0.3 is 5.73 Å². The highest BCUT2D eigenvalue weighted by Crippen LogP contribution is 2.21. The van der Waals surface area contributed by atoms with E-state index in [4.69, 9.17) is 11.0 Å². The second-order valence-corrected chi connectivity index (χ2v) is 3.55. The summed E-state index contributed by atoms with van der Waals surface area (Å²) in [6.45, 7) is 0. The molecular formula is C9H8BrFN2. The van der Waals surface area contributed by atoms with Crippen molar-refractivity contribution in [3.8, 4) is 6.07 Å². The lowest BCUT2D eigenvalue weighted by atomic mass is 10.1. The Morgan fingerprint density at radius 2 is 2.31 bits per heavy atom. The van der Waals surface area contributed by atoms with Gasteiger partial charge in [-0.3, -0.25) is 0 Å². The molecule has 0 fully saturated rings. The van der Waals surface area contributed by atoms with E-state index in [-0.39, 0.29) is 12.2 Å². The SMILES string of the molecule is N#CC[C@H](N)c1cc(Br)ccc1F. The molecule has 0 heterocycles. The van der Waals surface area contributed by atoms with Crippen LogP contribution in [0.5, 0.6) is 0 Å². The molecule has 0 unspecified atom stereocenters. The zero-order valence-corrected chi connectivity index (χ0v) is 8.38. The predicted molar refractivity (Wildman–Crippen MR) is 51.3 cm³/mol. The summed E-state index contributed by atoms with van der Waals surface area (Å²) < 4.78 is 13.9. The summed E-state index contributed by atoms with van der Waals surface area (Å²) in [6, 6.07) is 5.87. The zero-order valence-electron chi connectivity index (χ0n) is 6.80. The van der Waals surface area contributed by atoms with Gasteiger partial charge in [0.25, 0.3) is 0 Å². The molecule has 0 spiro atoms. The fraction of sp³-hybridized carbons (Fsp3) is 0.222. The second-order valence-electron chi connectivity index (χ2n) is 2.63. The van der Waals surface area contributed by atoms with E-state index in [1.165, 1.54) is 6.07 Å². The Morgan fingerprint density at radius 1 is 1.62 bits per heavy atom. The number of nitrogens with zero attached hydrogens (tertiary/aromatic N) is 1. The van der Waals surface area contributed by atoms with Gasteiger partial charge in [0.15, 0.2) is 0 Å². The first-order valence-electron chi connectivity index (χ1n) is 3.72. The average Bonchev–Trinajstić information content (AvgIpc) is 2.09. The van der Waals surface area contributed by atoms with Crippen molar-refractivity contribution in [3.05, 3.63) is 34.1 Å². The van der Waals surface area contributed by atoms with Crippen LogP contribution >= 0.6 is 15.9 Å². The van der Waals surface area contributed by atoms with Gasteiger partial charge in [-0.1, -0.05) is 15.9 Å². The van der Waals surface area contributed by atoms with Crippen molar-refractivity contribution >= 4 is 15.9 Å². The summed E-state index contributed by atoms with van der Waals surface area (Å²) in [6.07, 6.45) is 0.118. The molecule has 13 heavy (non-hydrogen) atoms. The molecule has 0 saturated carbocycles. The number of nitrogens with two attached hydrogens (primary N) is 1. The number of benzene rings is 1. The Bertz CT molecular complexity index is 346. The third-order valence-electron chi connectivity index (χ3n) is 1.67. The number of hydrogen-bond acceptors (Lipinski definition) is 2. The molecule has 0 aliphatic heterocycles. The molecule has 68 valence electrons. The van der Waals surface area contributed by atoms with E-state index in [0.29, 0.717) is 5.56 Å². The van der Waals surface area contributed by atoms with E-state index in [0.717, 1.165) is 4.47 Å². The quantitative estimate of drug-likeness (QED) is 0.867. The molecule has 0 aromatic heterocycles. The second kappa shape index (κ2) is 4.35. The van der Waals surface area contributed by atoms with Crippen LogP contribution in [0.1, 0.15) is 18.0 Å². The normalized spacial score (nSPS) is 12.2. The Hall–Kier alpha value is -0.920. The average molecular weight is 243 g/mol. The highest BCUT2D eigenvalue weighted by Gasteiger charge is 2.10. The molecule has 0 aliphatic carbocycles. The lowest BCUT2D eigenvalue weighted by molar-refractivity contribution is 0.584. The van der Waals surface area contributed by atoms with Crippen LogP contribution < -0.4 is 5.73 Å². The van der Waals surface area contributed by atoms with Gasteiger partial charge in [0, 0.05) is 16.1 Å². The van der Waals surface area contributed by atoms with Crippen molar-refractivity contribution in [1.82, 2.24) is 0 Å². The van der Waals surface area contributed by atoms with Crippen molar-refractivity contribution < 1.29 is 4.39 Å². The maximum absolute atomic E-state index is 13.1. The van der Waals surface area contributed by atoms with E-state index in [9.17, 15) is 4.39 Å². The lowest BCUT2D eigenvalue weighted by Crippen LogP contribution is -2.11. The number of rotatable bonds is 2. The van der Waals surface area contributed by atoms with Crippen LogP contribution in [0.15, 0.2) is 22.7 Å². The van der Waals surface area contributed by atoms with Crippen molar-refractivity contribution in [2.45, 2.75) is 12.5 Å². The van der Waals surface area contributed by atoms with Crippen LogP contribution in [-0.2, 0) is 0 Å². The maximum atomic E-state index is 13.1. The highest BCUT2D eigenvalue weighted by atomic mass is 79.9. The Labute approximate surface area is 84.3 Å². The van der Waals surface area contributed by atoms with Gasteiger partial charge in [-0.05, 0) is 18.2 Å². The Kier molecular flexibility index (Phi) is 3.40. The van der Waals surface area contributed by atoms with Gasteiger partial charge in [-0.25, -0.2) is 4.39 Å². The summed E-state index contributed by atoms with van der Waals surface area (Å²) in [5, 5.41) is 8.39. The molecule has 2 nitrogen and oxygen atoms in total. The minimum atomic E-state index is -0.553. The van der Waals surface area contributed by atoms with Gasteiger partial charge in [-0.2, -0.15) is 5.26 Å². The maximum Gasteiger partial charge on any atom is 0.128 e. The van der Waals surface area contributed by atoms with Gasteiger partial charge in [0.1, 0.15) is 5.82 Å². The molecule has 1 aromatic carbocycles.